The van der Waals surface area contributed by atoms with Gasteiger partial charge >= 0.3 is 5.97 Å². The fraction of sp³-hybridized carbons (Fsp3) is 0.143. The number of furan rings is 1. The van der Waals surface area contributed by atoms with E-state index in [1.54, 1.807) is 12.1 Å². The first kappa shape index (κ1) is 13.8. The number of aromatic carboxylic acids is 1. The van der Waals surface area contributed by atoms with E-state index >= 15 is 0 Å². The highest BCUT2D eigenvalue weighted by atomic mass is 19.1. The van der Waals surface area contributed by atoms with Crippen LogP contribution in [0.15, 0.2) is 41.0 Å². The average Bonchev–Trinajstić information content (AvgIpc) is 2.89. The van der Waals surface area contributed by atoms with Crippen LogP contribution in [-0.4, -0.2) is 17.0 Å². The van der Waals surface area contributed by atoms with Crippen molar-refractivity contribution in [3.63, 3.8) is 0 Å². The largest absolute Gasteiger partial charge is 0.478 e. The highest BCUT2D eigenvalue weighted by molar-refractivity contribution is 6.00. The van der Waals surface area contributed by atoms with Gasteiger partial charge in [0.2, 0.25) is 5.91 Å². The molecule has 104 valence electrons. The zero-order valence-electron chi connectivity index (χ0n) is 10.4. The van der Waals surface area contributed by atoms with Gasteiger partial charge in [-0.3, -0.25) is 4.79 Å². The minimum absolute atomic E-state index is 0.0538. The molecular weight excluding hydrogens is 265 g/mol. The van der Waals surface area contributed by atoms with Crippen LogP contribution in [0.4, 0.5) is 10.1 Å². The number of carbonyl (C=O) groups is 2. The first-order valence-electron chi connectivity index (χ1n) is 5.91. The number of hydrogen-bond donors (Lipinski definition) is 2. The molecular formula is C14H12FNO4. The van der Waals surface area contributed by atoms with Crippen LogP contribution < -0.4 is 5.32 Å². The molecule has 0 saturated carbocycles. The molecule has 2 N–H and O–H groups in total. The topological polar surface area (TPSA) is 79.5 Å². The highest BCUT2D eigenvalue weighted by Gasteiger charge is 2.13. The number of rotatable bonds is 5. The van der Waals surface area contributed by atoms with E-state index in [4.69, 9.17) is 9.52 Å². The van der Waals surface area contributed by atoms with Crippen molar-refractivity contribution in [1.29, 1.82) is 0 Å². The summed E-state index contributed by atoms with van der Waals surface area (Å²) in [6.45, 7) is 0. The van der Waals surface area contributed by atoms with E-state index in [2.05, 4.69) is 5.32 Å². The van der Waals surface area contributed by atoms with Gasteiger partial charge in [-0.15, -0.1) is 0 Å². The van der Waals surface area contributed by atoms with E-state index < -0.39 is 17.7 Å². The Morgan fingerprint density at radius 3 is 2.75 bits per heavy atom. The van der Waals surface area contributed by atoms with Gasteiger partial charge < -0.3 is 14.8 Å². The lowest BCUT2D eigenvalue weighted by molar-refractivity contribution is -0.116. The van der Waals surface area contributed by atoms with E-state index in [1.807, 2.05) is 0 Å². The monoisotopic (exact) mass is 277 g/mol. The van der Waals surface area contributed by atoms with Crippen molar-refractivity contribution in [2.45, 2.75) is 12.8 Å². The van der Waals surface area contributed by atoms with E-state index in [9.17, 15) is 14.0 Å². The van der Waals surface area contributed by atoms with Crippen LogP contribution in [-0.2, 0) is 11.2 Å². The maximum absolute atomic E-state index is 13.1. The molecule has 0 radical (unpaired) electrons. The molecule has 0 bridgehead atoms. The molecule has 1 aromatic heterocycles. The van der Waals surface area contributed by atoms with Crippen LogP contribution in [0.3, 0.4) is 0 Å². The third-order valence-corrected chi connectivity index (χ3v) is 2.66. The fourth-order valence-electron chi connectivity index (χ4n) is 1.71. The maximum Gasteiger partial charge on any atom is 0.337 e. The molecule has 5 nitrogen and oxygen atoms in total. The number of benzene rings is 1. The zero-order valence-corrected chi connectivity index (χ0v) is 10.4. The first-order chi connectivity index (χ1) is 9.56. The number of carboxylic acids is 1. The van der Waals surface area contributed by atoms with Gasteiger partial charge in [-0.2, -0.15) is 0 Å². The molecule has 6 heteroatoms. The van der Waals surface area contributed by atoms with Gasteiger partial charge in [0, 0.05) is 12.8 Å². The predicted molar refractivity (Wildman–Crippen MR) is 69.0 cm³/mol. The molecule has 1 heterocycles. The molecule has 0 aliphatic heterocycles. The van der Waals surface area contributed by atoms with Crippen LogP contribution in [0.2, 0.25) is 0 Å². The number of amides is 1. The molecule has 0 atom stereocenters. The van der Waals surface area contributed by atoms with Gasteiger partial charge in [0.1, 0.15) is 11.6 Å². The van der Waals surface area contributed by atoms with Crippen LogP contribution in [0.25, 0.3) is 0 Å². The number of halogens is 1. The molecule has 0 unspecified atom stereocenters. The number of nitrogens with one attached hydrogen (secondary N) is 1. The lowest BCUT2D eigenvalue weighted by atomic mass is 10.1. The summed E-state index contributed by atoms with van der Waals surface area (Å²) in [5.74, 6) is -1.60. The lowest BCUT2D eigenvalue weighted by Crippen LogP contribution is -2.15. The maximum atomic E-state index is 13.1. The third kappa shape index (κ3) is 3.44. The van der Waals surface area contributed by atoms with Gasteiger partial charge in [0.25, 0.3) is 0 Å². The minimum Gasteiger partial charge on any atom is -0.478 e. The molecule has 0 aliphatic carbocycles. The Morgan fingerprint density at radius 2 is 2.10 bits per heavy atom. The quantitative estimate of drug-likeness (QED) is 0.880. The second-order valence-electron chi connectivity index (χ2n) is 4.12. The van der Waals surface area contributed by atoms with Crippen molar-refractivity contribution in [2.75, 3.05) is 5.32 Å². The Hall–Kier alpha value is -2.63. The summed E-state index contributed by atoms with van der Waals surface area (Å²) in [5.41, 5.74) is -0.209. The second-order valence-corrected chi connectivity index (χ2v) is 4.12. The molecule has 1 aromatic carbocycles. The molecule has 0 saturated heterocycles. The van der Waals surface area contributed by atoms with Gasteiger partial charge in [-0.05, 0) is 30.3 Å². The molecule has 2 rings (SSSR count). The Kier molecular flexibility index (Phi) is 4.14. The van der Waals surface area contributed by atoms with Crippen molar-refractivity contribution >= 4 is 17.6 Å². The molecule has 0 aliphatic rings. The van der Waals surface area contributed by atoms with Gasteiger partial charge in [-0.25, -0.2) is 9.18 Å². The number of hydrogen-bond acceptors (Lipinski definition) is 3. The molecule has 1 amide bonds. The van der Waals surface area contributed by atoms with Crippen molar-refractivity contribution in [3.05, 3.63) is 53.7 Å². The summed E-state index contributed by atoms with van der Waals surface area (Å²) in [6.07, 6.45) is 2.00. The second kappa shape index (κ2) is 6.01. The lowest BCUT2D eigenvalue weighted by Gasteiger charge is -2.08. The van der Waals surface area contributed by atoms with Crippen LogP contribution in [0, 0.1) is 5.82 Å². The third-order valence-electron chi connectivity index (χ3n) is 2.66. The van der Waals surface area contributed by atoms with Gasteiger partial charge in [0.05, 0.1) is 17.5 Å². The van der Waals surface area contributed by atoms with E-state index in [0.717, 1.165) is 18.2 Å². The van der Waals surface area contributed by atoms with Crippen molar-refractivity contribution < 1.29 is 23.5 Å². The number of anilines is 1. The Balaban J connectivity index is 2.03. The predicted octanol–water partition coefficient (Wildman–Crippen LogP) is 2.69. The van der Waals surface area contributed by atoms with Crippen LogP contribution in [0.5, 0.6) is 0 Å². The Bertz CT molecular complexity index is 622. The summed E-state index contributed by atoms with van der Waals surface area (Å²) >= 11 is 0. The number of carbonyl (C=O) groups excluding carboxylic acids is 1. The van der Waals surface area contributed by atoms with Crippen molar-refractivity contribution in [1.82, 2.24) is 0 Å². The summed E-state index contributed by atoms with van der Waals surface area (Å²) in [4.78, 5) is 22.7. The molecule has 0 fully saturated rings. The summed E-state index contributed by atoms with van der Waals surface area (Å²) in [7, 11) is 0. The van der Waals surface area contributed by atoms with Crippen LogP contribution >= 0.6 is 0 Å². The number of aryl methyl sites for hydroxylation is 1. The summed E-state index contributed by atoms with van der Waals surface area (Å²) in [6, 6.07) is 6.57. The van der Waals surface area contributed by atoms with Crippen molar-refractivity contribution in [3.8, 4) is 0 Å². The molecule has 20 heavy (non-hydrogen) atoms. The number of carboxylic acid groups (broad SMARTS) is 1. The fourth-order valence-corrected chi connectivity index (χ4v) is 1.71. The minimum atomic E-state index is -1.23. The van der Waals surface area contributed by atoms with E-state index in [0.29, 0.717) is 12.2 Å². The standard InChI is InChI=1S/C14H12FNO4/c15-9-3-5-11(14(18)19)12(8-9)16-13(17)6-4-10-2-1-7-20-10/h1-3,5,7-8H,4,6H2,(H,16,17)(H,18,19). The Labute approximate surface area is 114 Å². The van der Waals surface area contributed by atoms with Crippen molar-refractivity contribution in [2.24, 2.45) is 0 Å². The highest BCUT2D eigenvalue weighted by Crippen LogP contribution is 2.18. The zero-order chi connectivity index (χ0) is 14.5. The normalized spacial score (nSPS) is 10.2. The van der Waals surface area contributed by atoms with Gasteiger partial charge in [0.15, 0.2) is 0 Å². The Morgan fingerprint density at radius 1 is 1.30 bits per heavy atom. The van der Waals surface area contributed by atoms with Gasteiger partial charge in [-0.1, -0.05) is 0 Å². The molecule has 0 spiro atoms. The molecule has 2 aromatic rings. The smallest absolute Gasteiger partial charge is 0.337 e. The van der Waals surface area contributed by atoms with Crippen LogP contribution in [0.1, 0.15) is 22.5 Å². The average molecular weight is 277 g/mol. The summed E-state index contributed by atoms with van der Waals surface area (Å²) in [5, 5.41) is 11.4. The summed E-state index contributed by atoms with van der Waals surface area (Å²) < 4.78 is 18.2. The SMILES string of the molecule is O=C(CCc1ccco1)Nc1cc(F)ccc1C(=O)O. The first-order valence-corrected chi connectivity index (χ1v) is 5.91. The van der Waals surface area contributed by atoms with E-state index in [-0.39, 0.29) is 17.7 Å². The van der Waals surface area contributed by atoms with E-state index in [1.165, 1.54) is 6.26 Å².